The number of piperazine rings is 1. The number of halogens is 1. The lowest BCUT2D eigenvalue weighted by Crippen LogP contribution is -2.54. The van der Waals surface area contributed by atoms with Crippen molar-refractivity contribution in [1.82, 2.24) is 25.1 Å². The summed E-state index contributed by atoms with van der Waals surface area (Å²) in [7, 11) is 1.71. The summed E-state index contributed by atoms with van der Waals surface area (Å²) in [6, 6.07) is 7.07. The molecule has 11 nitrogen and oxygen atoms in total. The van der Waals surface area contributed by atoms with E-state index in [0.29, 0.717) is 41.6 Å². The van der Waals surface area contributed by atoms with E-state index in [9.17, 15) is 14.0 Å². The normalized spacial score (nSPS) is 21.2. The Kier molecular flexibility index (Phi) is 6.80. The minimum Gasteiger partial charge on any atom is -0.381 e. The molecule has 0 saturated carbocycles. The zero-order valence-corrected chi connectivity index (χ0v) is 22.6. The first-order chi connectivity index (χ1) is 19.2. The minimum atomic E-state index is -0.529. The average molecular weight is 547 g/mol. The summed E-state index contributed by atoms with van der Waals surface area (Å²) >= 11 is 0. The molecule has 0 radical (unpaired) electrons. The zero-order chi connectivity index (χ0) is 28.0. The molecule has 2 aromatic carbocycles. The fraction of sp³-hybridized carbons (Fsp3) is 0.393. The Labute approximate surface area is 230 Å². The number of carbonyl (C=O) groups excluding carboxylic acids is 2. The number of fused-ring (bicyclic) bond motifs is 2. The van der Waals surface area contributed by atoms with Crippen LogP contribution in [0.4, 0.5) is 21.7 Å². The number of hydrogen-bond donors (Lipinski definition) is 3. The SMILES string of the molecule is C[C@@H]1CN(c2ccc(C(=O)Nc3cc(F)c4nn(C)cc4c3)c3nc(NC(=O)[C@H]4CCOC4)ncc23)C[C@@H](C)N1. The molecule has 0 spiro atoms. The number of rotatable bonds is 5. The van der Waals surface area contributed by atoms with Gasteiger partial charge in [-0.1, -0.05) is 0 Å². The van der Waals surface area contributed by atoms with Gasteiger partial charge in [-0.05, 0) is 44.5 Å². The number of amides is 2. The monoisotopic (exact) mass is 546 g/mol. The van der Waals surface area contributed by atoms with Crippen LogP contribution in [0.15, 0.2) is 36.7 Å². The van der Waals surface area contributed by atoms with Gasteiger partial charge in [-0.25, -0.2) is 14.4 Å². The Bertz CT molecular complexity index is 1610. The number of aryl methyl sites for hydroxylation is 1. The Morgan fingerprint density at radius 1 is 1.12 bits per heavy atom. The fourth-order valence-electron chi connectivity index (χ4n) is 5.58. The van der Waals surface area contributed by atoms with Gasteiger partial charge in [-0.3, -0.25) is 19.6 Å². The van der Waals surface area contributed by atoms with Crippen LogP contribution in [0, 0.1) is 11.7 Å². The number of carbonyl (C=O) groups is 2. The molecule has 4 heterocycles. The van der Waals surface area contributed by atoms with Crippen molar-refractivity contribution in [2.45, 2.75) is 32.4 Å². The third-order valence-electron chi connectivity index (χ3n) is 7.34. The van der Waals surface area contributed by atoms with E-state index < -0.39 is 11.7 Å². The summed E-state index contributed by atoms with van der Waals surface area (Å²) in [6.07, 6.45) is 3.97. The molecule has 2 saturated heterocycles. The van der Waals surface area contributed by atoms with Crippen molar-refractivity contribution >= 4 is 50.9 Å². The maximum absolute atomic E-state index is 14.7. The van der Waals surface area contributed by atoms with Crippen LogP contribution in [0.2, 0.25) is 0 Å². The molecular formula is C28H31FN8O3. The molecule has 3 atom stereocenters. The molecule has 40 heavy (non-hydrogen) atoms. The van der Waals surface area contributed by atoms with Crippen LogP contribution in [0.1, 0.15) is 30.6 Å². The summed E-state index contributed by atoms with van der Waals surface area (Å²) in [5, 5.41) is 14.5. The number of nitrogens with zero attached hydrogens (tertiary/aromatic N) is 5. The molecule has 12 heteroatoms. The molecule has 0 unspecified atom stereocenters. The van der Waals surface area contributed by atoms with Gasteiger partial charge in [0, 0.05) is 73.4 Å². The quantitative estimate of drug-likeness (QED) is 0.349. The van der Waals surface area contributed by atoms with E-state index in [1.807, 2.05) is 6.07 Å². The van der Waals surface area contributed by atoms with E-state index in [-0.39, 0.29) is 40.9 Å². The Morgan fingerprint density at radius 3 is 2.67 bits per heavy atom. The van der Waals surface area contributed by atoms with Gasteiger partial charge in [0.15, 0.2) is 5.82 Å². The zero-order valence-electron chi connectivity index (χ0n) is 22.6. The second-order valence-corrected chi connectivity index (χ2v) is 10.7. The first-order valence-corrected chi connectivity index (χ1v) is 13.4. The topological polar surface area (TPSA) is 126 Å². The van der Waals surface area contributed by atoms with E-state index >= 15 is 0 Å². The lowest BCUT2D eigenvalue weighted by Gasteiger charge is -2.38. The van der Waals surface area contributed by atoms with Crippen LogP contribution < -0.4 is 20.9 Å². The molecule has 2 aliphatic rings. The highest BCUT2D eigenvalue weighted by atomic mass is 19.1. The van der Waals surface area contributed by atoms with Crippen LogP contribution in [0.5, 0.6) is 0 Å². The van der Waals surface area contributed by atoms with E-state index in [1.165, 1.54) is 10.7 Å². The van der Waals surface area contributed by atoms with Crippen LogP contribution in [0.25, 0.3) is 21.8 Å². The molecule has 2 aromatic heterocycles. The Balaban J connectivity index is 1.38. The molecule has 208 valence electrons. The van der Waals surface area contributed by atoms with Gasteiger partial charge >= 0.3 is 0 Å². The summed E-state index contributed by atoms with van der Waals surface area (Å²) in [5.74, 6) is -1.36. The molecule has 2 aliphatic heterocycles. The average Bonchev–Trinajstić information content (AvgIpc) is 3.57. The van der Waals surface area contributed by atoms with E-state index in [0.717, 1.165) is 18.8 Å². The highest BCUT2D eigenvalue weighted by Crippen LogP contribution is 2.31. The third-order valence-corrected chi connectivity index (χ3v) is 7.34. The predicted molar refractivity (Wildman–Crippen MR) is 150 cm³/mol. The molecular weight excluding hydrogens is 515 g/mol. The number of ether oxygens (including phenoxy) is 1. The van der Waals surface area contributed by atoms with E-state index in [2.05, 4.69) is 49.8 Å². The fourth-order valence-corrected chi connectivity index (χ4v) is 5.58. The van der Waals surface area contributed by atoms with E-state index in [1.54, 1.807) is 31.6 Å². The molecule has 6 rings (SSSR count). The maximum Gasteiger partial charge on any atom is 0.257 e. The number of benzene rings is 2. The Morgan fingerprint density at radius 2 is 1.93 bits per heavy atom. The molecule has 3 N–H and O–H groups in total. The summed E-state index contributed by atoms with van der Waals surface area (Å²) in [5.41, 5.74) is 2.11. The number of hydrogen-bond acceptors (Lipinski definition) is 8. The van der Waals surface area contributed by atoms with Crippen molar-refractivity contribution in [3.05, 3.63) is 48.0 Å². The second kappa shape index (κ2) is 10.4. The highest BCUT2D eigenvalue weighted by Gasteiger charge is 2.27. The van der Waals surface area contributed by atoms with Crippen molar-refractivity contribution in [2.24, 2.45) is 13.0 Å². The lowest BCUT2D eigenvalue weighted by atomic mass is 10.0. The summed E-state index contributed by atoms with van der Waals surface area (Å²) in [6.45, 7) is 6.69. The standard InChI is InChI=1S/C28H31FN8O3/c1-15-11-37(12-16(2)31-15)23-5-4-20(27(39)32-19-8-18-13-36(3)35-24(18)22(29)9-19)25-21(23)10-30-28(33-25)34-26(38)17-6-7-40-14-17/h4-5,8-10,13,15-17,31H,6-7,11-12,14H2,1-3H3,(H,32,39)(H,30,33,34,38)/t15-,16-,17+/m1/s1. The van der Waals surface area contributed by atoms with Crippen LogP contribution in [-0.2, 0) is 16.6 Å². The van der Waals surface area contributed by atoms with Crippen molar-refractivity contribution in [1.29, 1.82) is 0 Å². The Hall–Kier alpha value is -4.16. The van der Waals surface area contributed by atoms with Crippen molar-refractivity contribution in [2.75, 3.05) is 41.8 Å². The van der Waals surface area contributed by atoms with Crippen molar-refractivity contribution in [3.63, 3.8) is 0 Å². The van der Waals surface area contributed by atoms with Crippen molar-refractivity contribution in [3.8, 4) is 0 Å². The van der Waals surface area contributed by atoms with Gasteiger partial charge in [-0.15, -0.1) is 0 Å². The van der Waals surface area contributed by atoms with Crippen LogP contribution in [0.3, 0.4) is 0 Å². The molecule has 2 fully saturated rings. The summed E-state index contributed by atoms with van der Waals surface area (Å²) in [4.78, 5) is 37.6. The smallest absolute Gasteiger partial charge is 0.257 e. The van der Waals surface area contributed by atoms with Crippen molar-refractivity contribution < 1.29 is 18.7 Å². The summed E-state index contributed by atoms with van der Waals surface area (Å²) < 4.78 is 21.5. The van der Waals surface area contributed by atoms with Gasteiger partial charge in [0.2, 0.25) is 11.9 Å². The number of nitrogens with one attached hydrogen (secondary N) is 3. The third kappa shape index (κ3) is 5.07. The first-order valence-electron chi connectivity index (χ1n) is 13.4. The van der Waals surface area contributed by atoms with Crippen LogP contribution >= 0.6 is 0 Å². The lowest BCUT2D eigenvalue weighted by molar-refractivity contribution is -0.119. The van der Waals surface area contributed by atoms with Gasteiger partial charge in [0.1, 0.15) is 5.52 Å². The van der Waals surface area contributed by atoms with Gasteiger partial charge in [0.25, 0.3) is 5.91 Å². The largest absolute Gasteiger partial charge is 0.381 e. The number of anilines is 3. The minimum absolute atomic E-state index is 0.112. The number of aromatic nitrogens is 4. The molecule has 0 bridgehead atoms. The molecule has 4 aromatic rings. The highest BCUT2D eigenvalue weighted by molar-refractivity contribution is 6.14. The second-order valence-electron chi connectivity index (χ2n) is 10.7. The van der Waals surface area contributed by atoms with Gasteiger partial charge in [-0.2, -0.15) is 5.10 Å². The first kappa shape index (κ1) is 26.1. The van der Waals surface area contributed by atoms with Crippen LogP contribution in [-0.4, -0.2) is 69.9 Å². The van der Waals surface area contributed by atoms with Gasteiger partial charge in [0.05, 0.1) is 23.6 Å². The predicted octanol–water partition coefficient (Wildman–Crippen LogP) is 3.07. The molecule has 0 aliphatic carbocycles. The molecule has 2 amide bonds. The van der Waals surface area contributed by atoms with Gasteiger partial charge < -0.3 is 20.3 Å². The maximum atomic E-state index is 14.7. The van der Waals surface area contributed by atoms with E-state index in [4.69, 9.17) is 4.74 Å².